The van der Waals surface area contributed by atoms with Gasteiger partial charge in [0.15, 0.2) is 0 Å². The molecule has 2 amide bonds. The molecule has 7 heteroatoms. The van der Waals surface area contributed by atoms with Gasteiger partial charge in [0.2, 0.25) is 11.8 Å². The van der Waals surface area contributed by atoms with Gasteiger partial charge in [0, 0.05) is 13.1 Å². The maximum absolute atomic E-state index is 13.6. The fourth-order valence-corrected chi connectivity index (χ4v) is 5.93. The molecule has 0 bridgehead atoms. The quantitative estimate of drug-likeness (QED) is 0.339. The molecular formula is C31H33N3O4. The van der Waals surface area contributed by atoms with Gasteiger partial charge in [-0.3, -0.25) is 14.5 Å². The summed E-state index contributed by atoms with van der Waals surface area (Å²) in [5.74, 6) is -1.79. The van der Waals surface area contributed by atoms with Gasteiger partial charge in [0.05, 0.1) is 5.54 Å². The van der Waals surface area contributed by atoms with Crippen LogP contribution < -0.4 is 5.32 Å². The van der Waals surface area contributed by atoms with Gasteiger partial charge in [-0.15, -0.1) is 0 Å². The van der Waals surface area contributed by atoms with E-state index in [1.807, 2.05) is 54.6 Å². The first-order chi connectivity index (χ1) is 18.4. The molecule has 3 aromatic carbocycles. The zero-order valence-corrected chi connectivity index (χ0v) is 21.7. The number of nitrogens with zero attached hydrogens (tertiary/aromatic N) is 2. The molecule has 2 heterocycles. The van der Waals surface area contributed by atoms with Crippen LogP contribution in [-0.4, -0.2) is 63.9 Å². The van der Waals surface area contributed by atoms with Crippen LogP contribution in [0.1, 0.15) is 37.0 Å². The Bertz CT molecular complexity index is 1200. The van der Waals surface area contributed by atoms with Crippen molar-refractivity contribution < 1.29 is 19.5 Å². The number of likely N-dealkylation sites (tertiary alicyclic amines) is 1. The molecule has 3 aromatic rings. The third kappa shape index (κ3) is 4.47. The van der Waals surface area contributed by atoms with E-state index in [-0.39, 0.29) is 17.7 Å². The van der Waals surface area contributed by atoms with Crippen molar-refractivity contribution >= 4 is 17.8 Å². The topological polar surface area (TPSA) is 89.7 Å². The van der Waals surface area contributed by atoms with E-state index in [9.17, 15) is 19.5 Å². The minimum Gasteiger partial charge on any atom is -0.480 e. The van der Waals surface area contributed by atoms with Gasteiger partial charge >= 0.3 is 5.97 Å². The second-order valence-electron chi connectivity index (χ2n) is 10.4. The van der Waals surface area contributed by atoms with E-state index < -0.39 is 29.6 Å². The number of hydrogen-bond donors (Lipinski definition) is 2. The number of carboxylic acids is 1. The van der Waals surface area contributed by atoms with Crippen LogP contribution in [0.2, 0.25) is 0 Å². The molecule has 0 saturated carbocycles. The van der Waals surface area contributed by atoms with Gasteiger partial charge in [-0.25, -0.2) is 4.79 Å². The van der Waals surface area contributed by atoms with Crippen LogP contribution in [0.3, 0.4) is 0 Å². The molecule has 2 unspecified atom stereocenters. The SMILES string of the molecule is CC(C)[C@@H](C(=O)O)N1CC[C@@H](NC(=O)C2CN2C(c2ccccc2)(c2ccccc2)c2ccccc2)C1=O. The first-order valence-electron chi connectivity index (χ1n) is 13.1. The Hall–Kier alpha value is -3.97. The summed E-state index contributed by atoms with van der Waals surface area (Å²) in [6.07, 6.45) is 0.398. The second-order valence-corrected chi connectivity index (χ2v) is 10.4. The van der Waals surface area contributed by atoms with E-state index in [4.69, 9.17) is 0 Å². The van der Waals surface area contributed by atoms with Gasteiger partial charge in [-0.05, 0) is 29.0 Å². The molecule has 0 radical (unpaired) electrons. The fourth-order valence-electron chi connectivity index (χ4n) is 5.93. The van der Waals surface area contributed by atoms with Crippen molar-refractivity contribution in [1.29, 1.82) is 0 Å². The molecule has 4 atom stereocenters. The third-order valence-electron chi connectivity index (χ3n) is 7.70. The average molecular weight is 512 g/mol. The molecule has 38 heavy (non-hydrogen) atoms. The molecule has 7 nitrogen and oxygen atoms in total. The lowest BCUT2D eigenvalue weighted by Gasteiger charge is -2.38. The molecule has 2 saturated heterocycles. The Kier molecular flexibility index (Phi) is 7.04. The number of benzene rings is 3. The predicted molar refractivity (Wildman–Crippen MR) is 144 cm³/mol. The van der Waals surface area contributed by atoms with Gasteiger partial charge in [0.1, 0.15) is 18.1 Å². The highest BCUT2D eigenvalue weighted by Gasteiger charge is 2.56. The average Bonchev–Trinajstić information content (AvgIpc) is 3.66. The summed E-state index contributed by atoms with van der Waals surface area (Å²) in [6.45, 7) is 4.42. The number of carbonyl (C=O) groups excluding carboxylic acids is 2. The summed E-state index contributed by atoms with van der Waals surface area (Å²) < 4.78 is 0. The van der Waals surface area contributed by atoms with Crippen LogP contribution in [0, 0.1) is 5.92 Å². The fraction of sp³-hybridized carbons (Fsp3) is 0.323. The predicted octanol–water partition coefficient (Wildman–Crippen LogP) is 3.49. The zero-order valence-electron chi connectivity index (χ0n) is 21.7. The smallest absolute Gasteiger partial charge is 0.326 e. The molecule has 0 aliphatic carbocycles. The first-order valence-corrected chi connectivity index (χ1v) is 13.1. The molecule has 196 valence electrons. The number of rotatable bonds is 9. The minimum atomic E-state index is -1.02. The monoisotopic (exact) mass is 511 g/mol. The van der Waals surface area contributed by atoms with Crippen LogP contribution in [0.5, 0.6) is 0 Å². The molecular weight excluding hydrogens is 478 g/mol. The van der Waals surface area contributed by atoms with Crippen LogP contribution in [0.4, 0.5) is 0 Å². The molecule has 0 spiro atoms. The molecule has 5 rings (SSSR count). The van der Waals surface area contributed by atoms with E-state index >= 15 is 0 Å². The highest BCUT2D eigenvalue weighted by molar-refractivity contribution is 5.94. The Morgan fingerprint density at radius 2 is 1.34 bits per heavy atom. The highest BCUT2D eigenvalue weighted by Crippen LogP contribution is 2.48. The Labute approximate surface area is 223 Å². The van der Waals surface area contributed by atoms with Crippen molar-refractivity contribution in [3.8, 4) is 0 Å². The normalized spacial score (nSPS) is 21.8. The van der Waals surface area contributed by atoms with E-state index in [1.54, 1.807) is 13.8 Å². The molecule has 0 aromatic heterocycles. The largest absolute Gasteiger partial charge is 0.480 e. The lowest BCUT2D eigenvalue weighted by molar-refractivity contribution is -0.150. The maximum Gasteiger partial charge on any atom is 0.326 e. The number of amides is 2. The summed E-state index contributed by atoms with van der Waals surface area (Å²) in [5.41, 5.74) is 2.47. The van der Waals surface area contributed by atoms with Gasteiger partial charge in [-0.1, -0.05) is 105 Å². The van der Waals surface area contributed by atoms with Crippen molar-refractivity contribution in [2.75, 3.05) is 13.1 Å². The minimum absolute atomic E-state index is 0.214. The van der Waals surface area contributed by atoms with Crippen LogP contribution in [-0.2, 0) is 19.9 Å². The van der Waals surface area contributed by atoms with E-state index in [0.717, 1.165) is 16.7 Å². The number of aliphatic carboxylic acids is 1. The summed E-state index contributed by atoms with van der Waals surface area (Å²) in [6, 6.07) is 28.5. The van der Waals surface area contributed by atoms with Crippen LogP contribution in [0.15, 0.2) is 91.0 Å². The van der Waals surface area contributed by atoms with Crippen LogP contribution in [0.25, 0.3) is 0 Å². The third-order valence-corrected chi connectivity index (χ3v) is 7.70. The highest BCUT2D eigenvalue weighted by atomic mass is 16.4. The van der Waals surface area contributed by atoms with E-state index in [1.165, 1.54) is 4.90 Å². The van der Waals surface area contributed by atoms with Gasteiger partial charge < -0.3 is 15.3 Å². The lowest BCUT2D eigenvalue weighted by Crippen LogP contribution is -2.50. The van der Waals surface area contributed by atoms with Crippen LogP contribution >= 0.6 is 0 Å². The molecule has 2 N–H and O–H groups in total. The Morgan fingerprint density at radius 1 is 0.868 bits per heavy atom. The molecule has 2 aliphatic heterocycles. The van der Waals surface area contributed by atoms with Crippen molar-refractivity contribution in [1.82, 2.24) is 15.1 Å². The van der Waals surface area contributed by atoms with Crippen molar-refractivity contribution in [3.63, 3.8) is 0 Å². The first kappa shape index (κ1) is 25.7. The summed E-state index contributed by atoms with van der Waals surface area (Å²) in [5, 5.41) is 12.6. The lowest BCUT2D eigenvalue weighted by atomic mass is 9.76. The number of carbonyl (C=O) groups is 3. The van der Waals surface area contributed by atoms with Gasteiger partial charge in [-0.2, -0.15) is 0 Å². The van der Waals surface area contributed by atoms with Crippen molar-refractivity contribution in [3.05, 3.63) is 108 Å². The van der Waals surface area contributed by atoms with E-state index in [0.29, 0.717) is 19.5 Å². The summed E-state index contributed by atoms with van der Waals surface area (Å²) in [7, 11) is 0. The maximum atomic E-state index is 13.6. The number of nitrogens with one attached hydrogen (secondary N) is 1. The second kappa shape index (κ2) is 10.4. The Morgan fingerprint density at radius 3 is 1.76 bits per heavy atom. The summed E-state index contributed by atoms with van der Waals surface area (Å²) in [4.78, 5) is 42.0. The molecule has 2 aliphatic rings. The summed E-state index contributed by atoms with van der Waals surface area (Å²) >= 11 is 0. The van der Waals surface area contributed by atoms with Crippen molar-refractivity contribution in [2.45, 2.75) is 43.9 Å². The van der Waals surface area contributed by atoms with E-state index in [2.05, 4.69) is 46.6 Å². The number of carboxylic acid groups (broad SMARTS) is 1. The zero-order chi connectivity index (χ0) is 26.9. The van der Waals surface area contributed by atoms with Crippen molar-refractivity contribution in [2.24, 2.45) is 5.92 Å². The standard InChI is InChI=1S/C31H33N3O4/c1-21(2)27(30(37)38)33-19-18-25(29(33)36)32-28(35)26-20-34(26)31(22-12-6-3-7-13-22,23-14-8-4-9-15-23)24-16-10-5-11-17-24/h3-17,21,25-27H,18-20H2,1-2H3,(H,32,35)(H,37,38)/t25-,26?,27+,34?/m1/s1. The Balaban J connectivity index is 1.44. The van der Waals surface area contributed by atoms with Gasteiger partial charge in [0.25, 0.3) is 0 Å². The molecule has 2 fully saturated rings. The number of hydrogen-bond acceptors (Lipinski definition) is 4.